The molecule has 23 heavy (non-hydrogen) atoms. The molecule has 5 nitrogen and oxygen atoms in total. The number of para-hydroxylation sites is 1. The number of aromatic nitrogens is 2. The Labute approximate surface area is 137 Å². The molecule has 0 radical (unpaired) electrons. The second kappa shape index (κ2) is 7.81. The lowest BCUT2D eigenvalue weighted by Crippen LogP contribution is -2.43. The number of rotatable bonds is 4. The van der Waals surface area contributed by atoms with Crippen molar-refractivity contribution >= 4 is 5.96 Å². The van der Waals surface area contributed by atoms with E-state index in [4.69, 9.17) is 0 Å². The molecule has 1 saturated carbocycles. The van der Waals surface area contributed by atoms with Crippen molar-refractivity contribution in [1.29, 1.82) is 0 Å². The summed E-state index contributed by atoms with van der Waals surface area (Å²) in [5.41, 5.74) is 2.21. The van der Waals surface area contributed by atoms with E-state index in [0.29, 0.717) is 6.04 Å². The molecule has 2 N–H and O–H groups in total. The minimum absolute atomic E-state index is 0.557. The van der Waals surface area contributed by atoms with Crippen LogP contribution in [0.25, 0.3) is 5.69 Å². The normalized spacial score (nSPS) is 16.3. The zero-order chi connectivity index (χ0) is 15.9. The number of guanidine groups is 1. The second-order valence-corrected chi connectivity index (χ2v) is 6.03. The van der Waals surface area contributed by atoms with Crippen LogP contribution in [0.4, 0.5) is 0 Å². The third kappa shape index (κ3) is 4.34. The fraction of sp³-hybridized carbons (Fsp3) is 0.444. The van der Waals surface area contributed by atoms with Crippen molar-refractivity contribution in [3.05, 3.63) is 48.3 Å². The molecule has 2 aromatic rings. The summed E-state index contributed by atoms with van der Waals surface area (Å²) in [5.74, 6) is 0.879. The molecule has 1 heterocycles. The van der Waals surface area contributed by atoms with Gasteiger partial charge in [-0.2, -0.15) is 5.10 Å². The summed E-state index contributed by atoms with van der Waals surface area (Å²) in [6.07, 6.45) is 10.4. The number of hydrogen-bond acceptors (Lipinski definition) is 2. The second-order valence-electron chi connectivity index (χ2n) is 6.03. The highest BCUT2D eigenvalue weighted by molar-refractivity contribution is 5.79. The van der Waals surface area contributed by atoms with Gasteiger partial charge in [-0.3, -0.25) is 4.99 Å². The number of nitrogens with zero attached hydrogens (tertiary/aromatic N) is 3. The largest absolute Gasteiger partial charge is 0.354 e. The number of nitrogens with one attached hydrogen (secondary N) is 2. The number of aliphatic imine (C=N–C) groups is 1. The maximum Gasteiger partial charge on any atom is 0.191 e. The van der Waals surface area contributed by atoms with Crippen molar-refractivity contribution in [2.45, 2.75) is 44.7 Å². The first-order valence-corrected chi connectivity index (χ1v) is 8.41. The zero-order valence-corrected chi connectivity index (χ0v) is 13.7. The van der Waals surface area contributed by atoms with E-state index >= 15 is 0 Å². The Bertz CT molecular complexity index is 626. The first-order valence-electron chi connectivity index (χ1n) is 8.41. The monoisotopic (exact) mass is 311 g/mol. The van der Waals surface area contributed by atoms with Gasteiger partial charge in [-0.25, -0.2) is 4.68 Å². The molecule has 5 heteroatoms. The summed E-state index contributed by atoms with van der Waals surface area (Å²) in [6.45, 7) is 0.721. The molecule has 0 atom stereocenters. The Morgan fingerprint density at radius 1 is 1.22 bits per heavy atom. The van der Waals surface area contributed by atoms with Gasteiger partial charge >= 0.3 is 0 Å². The molecule has 122 valence electrons. The topological polar surface area (TPSA) is 54.2 Å². The summed E-state index contributed by atoms with van der Waals surface area (Å²) >= 11 is 0. The zero-order valence-electron chi connectivity index (χ0n) is 13.7. The Balaban J connectivity index is 1.54. The summed E-state index contributed by atoms with van der Waals surface area (Å²) < 4.78 is 1.90. The van der Waals surface area contributed by atoms with Gasteiger partial charge in [0.1, 0.15) is 0 Å². The van der Waals surface area contributed by atoms with Gasteiger partial charge < -0.3 is 10.6 Å². The molecule has 1 fully saturated rings. The SMILES string of the molecule is CN=C(NCc1cnn(-c2ccccc2)c1)NC1CCCCC1. The predicted molar refractivity (Wildman–Crippen MR) is 93.8 cm³/mol. The molecule has 0 amide bonds. The first kappa shape index (κ1) is 15.6. The quantitative estimate of drug-likeness (QED) is 0.674. The van der Waals surface area contributed by atoms with E-state index < -0.39 is 0 Å². The molecule has 0 unspecified atom stereocenters. The van der Waals surface area contributed by atoms with Crippen molar-refractivity contribution in [2.24, 2.45) is 4.99 Å². The highest BCUT2D eigenvalue weighted by Crippen LogP contribution is 2.17. The van der Waals surface area contributed by atoms with Gasteiger partial charge in [-0.05, 0) is 25.0 Å². The van der Waals surface area contributed by atoms with Crippen LogP contribution < -0.4 is 10.6 Å². The van der Waals surface area contributed by atoms with Gasteiger partial charge in [-0.15, -0.1) is 0 Å². The predicted octanol–water partition coefficient (Wildman–Crippen LogP) is 2.87. The molecule has 1 aromatic carbocycles. The molecule has 1 aromatic heterocycles. The average Bonchev–Trinajstić information content (AvgIpc) is 3.09. The van der Waals surface area contributed by atoms with Gasteiger partial charge in [0, 0.05) is 31.4 Å². The molecule has 0 aliphatic heterocycles. The first-order chi connectivity index (χ1) is 11.3. The van der Waals surface area contributed by atoms with E-state index in [1.54, 1.807) is 0 Å². The van der Waals surface area contributed by atoms with E-state index in [0.717, 1.165) is 23.8 Å². The lowest BCUT2D eigenvalue weighted by molar-refractivity contribution is 0.410. The van der Waals surface area contributed by atoms with Crippen LogP contribution in [0.2, 0.25) is 0 Å². The Morgan fingerprint density at radius 3 is 2.74 bits per heavy atom. The van der Waals surface area contributed by atoms with Crippen LogP contribution in [0.5, 0.6) is 0 Å². The molecule has 0 spiro atoms. The number of benzene rings is 1. The third-order valence-electron chi connectivity index (χ3n) is 4.29. The van der Waals surface area contributed by atoms with E-state index in [2.05, 4.69) is 26.9 Å². The van der Waals surface area contributed by atoms with E-state index in [-0.39, 0.29) is 0 Å². The fourth-order valence-electron chi connectivity index (χ4n) is 2.99. The molecule has 3 rings (SSSR count). The third-order valence-corrected chi connectivity index (χ3v) is 4.29. The van der Waals surface area contributed by atoms with Crippen LogP contribution in [-0.4, -0.2) is 28.8 Å². The van der Waals surface area contributed by atoms with Crippen LogP contribution in [0.15, 0.2) is 47.7 Å². The van der Waals surface area contributed by atoms with Crippen molar-refractivity contribution < 1.29 is 0 Å². The molecule has 0 bridgehead atoms. The molecular formula is C18H25N5. The van der Waals surface area contributed by atoms with Crippen LogP contribution in [0.1, 0.15) is 37.7 Å². The highest BCUT2D eigenvalue weighted by Gasteiger charge is 2.14. The van der Waals surface area contributed by atoms with E-state index in [1.807, 2.05) is 48.3 Å². The molecule has 1 aliphatic rings. The minimum atomic E-state index is 0.557. The van der Waals surface area contributed by atoms with Crippen LogP contribution in [0.3, 0.4) is 0 Å². The van der Waals surface area contributed by atoms with E-state index in [9.17, 15) is 0 Å². The van der Waals surface area contributed by atoms with Crippen LogP contribution in [0, 0.1) is 0 Å². The van der Waals surface area contributed by atoms with Gasteiger partial charge in [0.25, 0.3) is 0 Å². The Kier molecular flexibility index (Phi) is 5.29. The summed E-state index contributed by atoms with van der Waals surface area (Å²) in [4.78, 5) is 4.33. The van der Waals surface area contributed by atoms with Crippen molar-refractivity contribution in [2.75, 3.05) is 7.05 Å². The molecule has 1 aliphatic carbocycles. The lowest BCUT2D eigenvalue weighted by atomic mass is 9.96. The Morgan fingerprint density at radius 2 is 2.00 bits per heavy atom. The lowest BCUT2D eigenvalue weighted by Gasteiger charge is -2.24. The smallest absolute Gasteiger partial charge is 0.191 e. The van der Waals surface area contributed by atoms with E-state index in [1.165, 1.54) is 32.1 Å². The van der Waals surface area contributed by atoms with Gasteiger partial charge in [0.05, 0.1) is 11.9 Å². The maximum absolute atomic E-state index is 4.42. The van der Waals surface area contributed by atoms with Crippen molar-refractivity contribution in [3.8, 4) is 5.69 Å². The highest BCUT2D eigenvalue weighted by atomic mass is 15.3. The molecular weight excluding hydrogens is 286 g/mol. The van der Waals surface area contributed by atoms with Crippen LogP contribution in [-0.2, 0) is 6.54 Å². The van der Waals surface area contributed by atoms with Gasteiger partial charge in [0.2, 0.25) is 0 Å². The minimum Gasteiger partial charge on any atom is -0.354 e. The summed E-state index contributed by atoms with van der Waals surface area (Å²) in [7, 11) is 1.82. The maximum atomic E-state index is 4.42. The van der Waals surface area contributed by atoms with Crippen LogP contribution >= 0.6 is 0 Å². The van der Waals surface area contributed by atoms with Crippen molar-refractivity contribution in [1.82, 2.24) is 20.4 Å². The average molecular weight is 311 g/mol. The summed E-state index contributed by atoms with van der Waals surface area (Å²) in [5, 5.41) is 11.3. The fourth-order valence-corrected chi connectivity index (χ4v) is 2.99. The van der Waals surface area contributed by atoms with Gasteiger partial charge in [-0.1, -0.05) is 37.5 Å². The van der Waals surface area contributed by atoms with Crippen molar-refractivity contribution in [3.63, 3.8) is 0 Å². The Hall–Kier alpha value is -2.30. The number of hydrogen-bond donors (Lipinski definition) is 2. The molecule has 0 saturated heterocycles. The van der Waals surface area contributed by atoms with Gasteiger partial charge in [0.15, 0.2) is 5.96 Å². The standard InChI is InChI=1S/C18H25N5/c1-19-18(22-16-8-4-2-5-9-16)20-12-15-13-21-23(14-15)17-10-6-3-7-11-17/h3,6-7,10-11,13-14,16H,2,4-5,8-9,12H2,1H3,(H2,19,20,22). The summed E-state index contributed by atoms with van der Waals surface area (Å²) in [6, 6.07) is 10.7.